The van der Waals surface area contributed by atoms with Gasteiger partial charge in [-0.25, -0.2) is 0 Å². The summed E-state index contributed by atoms with van der Waals surface area (Å²) < 4.78 is 5.06. The topological polar surface area (TPSA) is 26.3 Å². The zero-order valence-corrected chi connectivity index (χ0v) is 16.5. The number of carbonyl (C=O) groups excluding carboxylic acids is 1. The summed E-state index contributed by atoms with van der Waals surface area (Å²) in [6, 6.07) is 32.3. The van der Waals surface area contributed by atoms with Gasteiger partial charge in [0.15, 0.2) is 0 Å². The fraction of sp³-hybridized carbons (Fsp3) is 0.125. The second-order valence-corrected chi connectivity index (χ2v) is 10.4. The number of hydrogen-bond acceptors (Lipinski definition) is 2. The van der Waals surface area contributed by atoms with Gasteiger partial charge in [-0.3, -0.25) is 0 Å². The number of benzene rings is 3. The Morgan fingerprint density at radius 1 is 0.741 bits per heavy atom. The number of esters is 1. The van der Waals surface area contributed by atoms with Crippen LogP contribution in [0.2, 0.25) is 0 Å². The molecule has 0 aliphatic carbocycles. The van der Waals surface area contributed by atoms with Crippen molar-refractivity contribution in [3.63, 3.8) is 0 Å². The first kappa shape index (κ1) is 19.1. The van der Waals surface area contributed by atoms with Crippen molar-refractivity contribution in [2.75, 3.05) is 12.8 Å². The van der Waals surface area contributed by atoms with E-state index in [0.29, 0.717) is 6.61 Å². The molecule has 0 N–H and O–H groups in total. The second kappa shape index (κ2) is 9.30. The fourth-order valence-corrected chi connectivity index (χ4v) is 8.03. The van der Waals surface area contributed by atoms with Crippen molar-refractivity contribution < 1.29 is 9.53 Å². The first-order valence-electron chi connectivity index (χ1n) is 9.18. The minimum atomic E-state index is -2.23. The summed E-state index contributed by atoms with van der Waals surface area (Å²) in [6.07, 6.45) is 5.03. The molecular formula is C24H25O2P. The molecule has 3 aromatic carbocycles. The van der Waals surface area contributed by atoms with E-state index in [-0.39, 0.29) is 5.97 Å². The molecular weight excluding hydrogens is 351 g/mol. The van der Waals surface area contributed by atoms with E-state index in [1.54, 1.807) is 0 Å². The third kappa shape index (κ3) is 4.53. The van der Waals surface area contributed by atoms with Crippen LogP contribution >= 0.6 is 7.26 Å². The molecule has 2 nitrogen and oxygen atoms in total. The van der Waals surface area contributed by atoms with Gasteiger partial charge in [-0.05, 0) is 0 Å². The van der Waals surface area contributed by atoms with Crippen molar-refractivity contribution in [3.05, 3.63) is 103 Å². The first-order chi connectivity index (χ1) is 13.2. The molecule has 0 unspecified atom stereocenters. The van der Waals surface area contributed by atoms with Gasteiger partial charge in [0.05, 0.1) is 0 Å². The van der Waals surface area contributed by atoms with E-state index in [4.69, 9.17) is 4.74 Å². The summed E-state index contributed by atoms with van der Waals surface area (Å²) in [5, 5.41) is 4.12. The average Bonchev–Trinajstić information content (AvgIpc) is 2.73. The van der Waals surface area contributed by atoms with Crippen LogP contribution in [0.3, 0.4) is 0 Å². The maximum absolute atomic E-state index is 11.0. The van der Waals surface area contributed by atoms with Gasteiger partial charge in [0, 0.05) is 0 Å². The Morgan fingerprint density at radius 2 is 1.15 bits per heavy atom. The molecule has 3 aromatic rings. The summed E-state index contributed by atoms with van der Waals surface area (Å²) in [4.78, 5) is 11.0. The van der Waals surface area contributed by atoms with Crippen molar-refractivity contribution in [2.24, 2.45) is 0 Å². The molecule has 138 valence electrons. The molecule has 0 amide bonds. The van der Waals surface area contributed by atoms with Gasteiger partial charge in [-0.15, -0.1) is 0 Å². The van der Waals surface area contributed by atoms with Crippen LogP contribution < -0.4 is 15.9 Å². The Bertz CT molecular complexity index is 777. The minimum absolute atomic E-state index is 0.252. The molecule has 0 aliphatic heterocycles. The zero-order valence-electron chi connectivity index (χ0n) is 15.5. The first-order valence-corrected chi connectivity index (χ1v) is 11.4. The van der Waals surface area contributed by atoms with E-state index < -0.39 is 7.26 Å². The number of ether oxygens (including phenoxy) is 1. The molecule has 0 saturated heterocycles. The normalized spacial score (nSPS) is 12.0. The van der Waals surface area contributed by atoms with Crippen LogP contribution in [0.4, 0.5) is 0 Å². The van der Waals surface area contributed by atoms with Crippen LogP contribution in [-0.4, -0.2) is 18.7 Å². The molecule has 0 fully saturated rings. The van der Waals surface area contributed by atoms with E-state index >= 15 is 0 Å². The van der Waals surface area contributed by atoms with E-state index in [1.807, 2.05) is 6.08 Å². The monoisotopic (exact) mass is 376 g/mol. The van der Waals surface area contributed by atoms with Crippen molar-refractivity contribution in [3.8, 4) is 0 Å². The number of hydrogen-bond donors (Lipinski definition) is 0. The van der Waals surface area contributed by atoms with Gasteiger partial charge in [-0.1, -0.05) is 0 Å². The Hall–Kier alpha value is -2.70. The Balaban J connectivity index is 2.10. The van der Waals surface area contributed by atoms with Crippen LogP contribution in [-0.2, 0) is 9.53 Å². The Labute approximate surface area is 161 Å². The van der Waals surface area contributed by atoms with Crippen molar-refractivity contribution in [2.45, 2.75) is 6.92 Å². The molecule has 0 spiro atoms. The van der Waals surface area contributed by atoms with Gasteiger partial charge in [0.1, 0.15) is 0 Å². The number of allylic oxidation sites excluding steroid dienone is 1. The standard InChI is InChI=1S/C24H25O2P/c1-21(25)26-19-11-12-20-27(22-13-5-2-6-14-22,23-15-7-3-8-16-23)24-17-9-4-10-18-24/h2-18,27H,19-20H2,1H3. The quantitative estimate of drug-likeness (QED) is 0.356. The Kier molecular flexibility index (Phi) is 6.57. The Morgan fingerprint density at radius 3 is 1.52 bits per heavy atom. The van der Waals surface area contributed by atoms with Crippen molar-refractivity contribution in [1.82, 2.24) is 0 Å². The molecule has 0 radical (unpaired) electrons. The molecule has 0 bridgehead atoms. The van der Waals surface area contributed by atoms with Gasteiger partial charge < -0.3 is 0 Å². The van der Waals surface area contributed by atoms with Crippen LogP contribution in [0.1, 0.15) is 6.92 Å². The van der Waals surface area contributed by atoms with E-state index in [9.17, 15) is 4.79 Å². The molecule has 0 saturated carbocycles. The van der Waals surface area contributed by atoms with E-state index in [2.05, 4.69) is 97.1 Å². The van der Waals surface area contributed by atoms with E-state index in [0.717, 1.165) is 6.16 Å². The van der Waals surface area contributed by atoms with Crippen molar-refractivity contribution >= 4 is 29.1 Å². The molecule has 0 atom stereocenters. The fourth-order valence-electron chi connectivity index (χ4n) is 3.52. The zero-order chi connectivity index (χ0) is 19.0. The van der Waals surface area contributed by atoms with Crippen LogP contribution in [0, 0.1) is 0 Å². The molecule has 3 rings (SSSR count). The van der Waals surface area contributed by atoms with Crippen LogP contribution in [0.25, 0.3) is 0 Å². The average molecular weight is 376 g/mol. The number of rotatable bonds is 7. The molecule has 0 heterocycles. The summed E-state index contributed by atoms with van der Waals surface area (Å²) in [5.74, 6) is -0.252. The van der Waals surface area contributed by atoms with Gasteiger partial charge in [0.2, 0.25) is 0 Å². The van der Waals surface area contributed by atoms with Crippen LogP contribution in [0.5, 0.6) is 0 Å². The second-order valence-electron chi connectivity index (χ2n) is 6.48. The molecule has 3 heteroatoms. The third-order valence-electron chi connectivity index (χ3n) is 4.77. The van der Waals surface area contributed by atoms with Crippen molar-refractivity contribution in [1.29, 1.82) is 0 Å². The van der Waals surface area contributed by atoms with E-state index in [1.165, 1.54) is 22.8 Å². The van der Waals surface area contributed by atoms with Crippen LogP contribution in [0.15, 0.2) is 103 Å². The predicted molar refractivity (Wildman–Crippen MR) is 117 cm³/mol. The summed E-state index contributed by atoms with van der Waals surface area (Å²) in [7, 11) is -2.23. The SMILES string of the molecule is CC(=O)OCC=CC[PH](c1ccccc1)(c1ccccc1)c1ccccc1. The molecule has 27 heavy (non-hydrogen) atoms. The maximum atomic E-state index is 11.0. The van der Waals surface area contributed by atoms with Gasteiger partial charge in [0.25, 0.3) is 0 Å². The summed E-state index contributed by atoms with van der Waals surface area (Å²) in [5.41, 5.74) is 0. The summed E-state index contributed by atoms with van der Waals surface area (Å²) >= 11 is 0. The van der Waals surface area contributed by atoms with Gasteiger partial charge in [-0.2, -0.15) is 0 Å². The molecule has 0 aliphatic rings. The van der Waals surface area contributed by atoms with Gasteiger partial charge >= 0.3 is 162 Å². The number of carbonyl (C=O) groups is 1. The predicted octanol–water partition coefficient (Wildman–Crippen LogP) is 3.83. The summed E-state index contributed by atoms with van der Waals surface area (Å²) in [6.45, 7) is 1.75. The molecule has 0 aromatic heterocycles. The third-order valence-corrected chi connectivity index (χ3v) is 9.58.